The summed E-state index contributed by atoms with van der Waals surface area (Å²) in [6, 6.07) is 5.42. The van der Waals surface area contributed by atoms with Crippen molar-refractivity contribution in [1.29, 1.82) is 0 Å². The third kappa shape index (κ3) is 5.35. The van der Waals surface area contributed by atoms with Crippen molar-refractivity contribution in [2.45, 2.75) is 63.6 Å². The van der Waals surface area contributed by atoms with Crippen molar-refractivity contribution in [3.8, 4) is 0 Å². The molecule has 4 aliphatic rings. The van der Waals surface area contributed by atoms with E-state index in [1.54, 1.807) is 13.0 Å². The SMILES string of the molecule is Cc1cc(NC(=O)C[N+]23CCC(CC2)C(OC(=O)[C@@](O)(c2cccs2)C2CCCCC2)C3)no1.[Br-]. The molecule has 8 nitrogen and oxygen atoms in total. The number of nitrogens with zero attached hydrogens (tertiary/aromatic N) is 2. The van der Waals surface area contributed by atoms with Crippen molar-refractivity contribution < 1.29 is 45.4 Å². The van der Waals surface area contributed by atoms with Gasteiger partial charge < -0.3 is 41.1 Å². The van der Waals surface area contributed by atoms with Crippen LogP contribution in [0, 0.1) is 18.8 Å². The molecule has 1 amide bonds. The Balaban J connectivity index is 0.00000289. The molecule has 5 heterocycles. The second-order valence-corrected chi connectivity index (χ2v) is 11.3. The number of aromatic nitrogens is 1. The van der Waals surface area contributed by atoms with E-state index in [0.29, 0.717) is 34.0 Å². The van der Waals surface area contributed by atoms with Gasteiger partial charge in [-0.3, -0.25) is 4.79 Å². The summed E-state index contributed by atoms with van der Waals surface area (Å²) < 4.78 is 11.8. The Labute approximate surface area is 220 Å². The maximum Gasteiger partial charge on any atom is 0.344 e. The van der Waals surface area contributed by atoms with Gasteiger partial charge in [-0.1, -0.05) is 30.5 Å². The van der Waals surface area contributed by atoms with Crippen LogP contribution in [0.25, 0.3) is 0 Å². The number of hydrogen-bond acceptors (Lipinski definition) is 7. The zero-order valence-corrected chi connectivity index (χ0v) is 22.5. The molecule has 192 valence electrons. The Kier molecular flexibility index (Phi) is 8.05. The van der Waals surface area contributed by atoms with E-state index in [2.05, 4.69) is 10.5 Å². The minimum atomic E-state index is -1.59. The summed E-state index contributed by atoms with van der Waals surface area (Å²) >= 11 is 1.42. The lowest BCUT2D eigenvalue weighted by molar-refractivity contribution is -0.939. The molecule has 1 aliphatic carbocycles. The third-order valence-electron chi connectivity index (χ3n) is 8.08. The maximum absolute atomic E-state index is 13.6. The summed E-state index contributed by atoms with van der Waals surface area (Å²) in [5.74, 6) is 0.600. The average molecular weight is 569 g/mol. The number of aryl methyl sites for hydroxylation is 1. The largest absolute Gasteiger partial charge is 1.00 e. The van der Waals surface area contributed by atoms with Crippen LogP contribution in [0.2, 0.25) is 0 Å². The van der Waals surface area contributed by atoms with Gasteiger partial charge in [-0.15, -0.1) is 11.3 Å². The number of rotatable bonds is 7. The first-order valence-corrected chi connectivity index (χ1v) is 13.3. The van der Waals surface area contributed by atoms with Gasteiger partial charge in [0, 0.05) is 35.6 Å². The highest BCUT2D eigenvalue weighted by molar-refractivity contribution is 7.10. The Morgan fingerprint density at radius 3 is 2.63 bits per heavy atom. The second kappa shape index (κ2) is 10.7. The molecule has 10 heteroatoms. The second-order valence-electron chi connectivity index (χ2n) is 10.4. The zero-order chi connectivity index (χ0) is 23.8. The van der Waals surface area contributed by atoms with Gasteiger partial charge in [0.1, 0.15) is 12.3 Å². The minimum Gasteiger partial charge on any atom is -1.00 e. The topological polar surface area (TPSA) is 102 Å². The first-order chi connectivity index (χ1) is 16.4. The molecule has 3 saturated heterocycles. The Bertz CT molecular complexity index is 1010. The molecule has 2 aromatic heterocycles. The van der Waals surface area contributed by atoms with Crippen LogP contribution in [-0.2, 0) is 19.9 Å². The van der Waals surface area contributed by atoms with E-state index in [1.165, 1.54) is 11.3 Å². The molecular weight excluding hydrogens is 534 g/mol. The number of amides is 1. The summed E-state index contributed by atoms with van der Waals surface area (Å²) in [6.45, 7) is 4.48. The average Bonchev–Trinajstić information content (AvgIpc) is 3.52. The van der Waals surface area contributed by atoms with Crippen molar-refractivity contribution in [3.05, 3.63) is 34.2 Å². The van der Waals surface area contributed by atoms with Gasteiger partial charge in [-0.2, -0.15) is 0 Å². The third-order valence-corrected chi connectivity index (χ3v) is 9.07. The van der Waals surface area contributed by atoms with Crippen molar-refractivity contribution in [2.75, 3.05) is 31.5 Å². The zero-order valence-electron chi connectivity index (χ0n) is 20.1. The number of hydrogen-bond donors (Lipinski definition) is 2. The van der Waals surface area contributed by atoms with Crippen LogP contribution in [-0.4, -0.2) is 58.9 Å². The van der Waals surface area contributed by atoms with Crippen LogP contribution in [0.3, 0.4) is 0 Å². The molecule has 0 spiro atoms. The van der Waals surface area contributed by atoms with Crippen molar-refractivity contribution in [1.82, 2.24) is 5.16 Å². The molecule has 4 fully saturated rings. The van der Waals surface area contributed by atoms with E-state index in [0.717, 1.165) is 58.0 Å². The molecule has 1 saturated carbocycles. The van der Waals surface area contributed by atoms with Crippen LogP contribution in [0.1, 0.15) is 55.6 Å². The van der Waals surface area contributed by atoms with E-state index in [9.17, 15) is 14.7 Å². The van der Waals surface area contributed by atoms with E-state index in [1.807, 2.05) is 17.5 Å². The van der Waals surface area contributed by atoms with Crippen LogP contribution in [0.5, 0.6) is 0 Å². The number of ether oxygens (including phenoxy) is 1. The summed E-state index contributed by atoms with van der Waals surface area (Å²) in [5, 5.41) is 20.4. The Morgan fingerprint density at radius 1 is 1.26 bits per heavy atom. The molecule has 2 atom stereocenters. The lowest BCUT2D eigenvalue weighted by Crippen LogP contribution is -3.00. The molecule has 2 bridgehead atoms. The van der Waals surface area contributed by atoms with Crippen LogP contribution < -0.4 is 22.3 Å². The molecule has 3 aliphatic heterocycles. The number of quaternary nitrogens is 1. The van der Waals surface area contributed by atoms with E-state index in [-0.39, 0.29) is 40.8 Å². The molecule has 35 heavy (non-hydrogen) atoms. The summed E-state index contributed by atoms with van der Waals surface area (Å²) in [6.07, 6.45) is 6.40. The van der Waals surface area contributed by atoms with Gasteiger partial charge in [0.15, 0.2) is 24.1 Å². The minimum absolute atomic E-state index is 0. The van der Waals surface area contributed by atoms with Gasteiger partial charge in [0.05, 0.1) is 13.1 Å². The molecule has 6 rings (SSSR count). The molecule has 2 aromatic rings. The molecular formula is C25H34BrN3O5S. The smallest absolute Gasteiger partial charge is 0.344 e. The summed E-state index contributed by atoms with van der Waals surface area (Å²) in [5.41, 5.74) is -1.59. The first-order valence-electron chi connectivity index (χ1n) is 12.4. The Morgan fingerprint density at radius 2 is 2.00 bits per heavy atom. The normalized spacial score (nSPS) is 28.1. The number of aliphatic hydroxyl groups is 1. The quantitative estimate of drug-likeness (QED) is 0.375. The number of esters is 1. The predicted octanol–water partition coefficient (Wildman–Crippen LogP) is 0.607. The predicted molar refractivity (Wildman–Crippen MR) is 127 cm³/mol. The van der Waals surface area contributed by atoms with Gasteiger partial charge in [-0.05, 0) is 31.2 Å². The standard InChI is InChI=1S/C25H33N3O5S.BrH/c1-17-14-22(27-33-17)26-23(29)16-28-11-9-18(10-12-28)20(15-28)32-24(30)25(31,21-8-5-13-34-21)19-6-3-2-4-7-19;/h5,8,13-14,18-20,31H,2-4,6-7,9-12,15-16H2,1H3;1H/t18?,20?,25-,28?;/m0./s1. The van der Waals surface area contributed by atoms with Gasteiger partial charge in [-0.25, -0.2) is 4.79 Å². The molecule has 2 N–H and O–H groups in total. The van der Waals surface area contributed by atoms with Crippen LogP contribution in [0.4, 0.5) is 5.82 Å². The highest BCUT2D eigenvalue weighted by Gasteiger charge is 2.53. The number of carbonyl (C=O) groups is 2. The Hall–Kier alpha value is -1.75. The highest BCUT2D eigenvalue weighted by atomic mass is 79.9. The van der Waals surface area contributed by atoms with E-state index < -0.39 is 11.6 Å². The van der Waals surface area contributed by atoms with Gasteiger partial charge in [0.25, 0.3) is 5.91 Å². The number of thiophene rings is 1. The fraction of sp³-hybridized carbons (Fsp3) is 0.640. The van der Waals surface area contributed by atoms with Crippen LogP contribution >= 0.6 is 11.3 Å². The summed E-state index contributed by atoms with van der Waals surface area (Å²) in [4.78, 5) is 27.1. The van der Waals surface area contributed by atoms with Gasteiger partial charge >= 0.3 is 5.97 Å². The lowest BCUT2D eigenvalue weighted by Gasteiger charge is -2.52. The van der Waals surface area contributed by atoms with Gasteiger partial charge in [0.2, 0.25) is 0 Å². The molecule has 0 aromatic carbocycles. The summed E-state index contributed by atoms with van der Waals surface area (Å²) in [7, 11) is 0. The fourth-order valence-electron chi connectivity index (χ4n) is 6.20. The first kappa shape index (κ1) is 26.3. The highest BCUT2D eigenvalue weighted by Crippen LogP contribution is 2.43. The maximum atomic E-state index is 13.6. The molecule has 1 unspecified atom stereocenters. The van der Waals surface area contributed by atoms with E-state index in [4.69, 9.17) is 9.26 Å². The lowest BCUT2D eigenvalue weighted by atomic mass is 9.75. The number of piperidine rings is 3. The number of nitrogens with one attached hydrogen (secondary N) is 1. The fourth-order valence-corrected chi connectivity index (χ4v) is 7.09. The number of anilines is 1. The van der Waals surface area contributed by atoms with Crippen molar-refractivity contribution in [2.24, 2.45) is 11.8 Å². The van der Waals surface area contributed by atoms with E-state index >= 15 is 0 Å². The number of fused-ring (bicyclic) bond motifs is 3. The molecule has 0 radical (unpaired) electrons. The number of carbonyl (C=O) groups excluding carboxylic acids is 2. The number of halogens is 1. The van der Waals surface area contributed by atoms with Crippen LogP contribution in [0.15, 0.2) is 28.1 Å². The van der Waals surface area contributed by atoms with Crippen molar-refractivity contribution in [3.63, 3.8) is 0 Å². The monoisotopic (exact) mass is 567 g/mol. The van der Waals surface area contributed by atoms with Crippen molar-refractivity contribution >= 4 is 29.0 Å².